The van der Waals surface area contributed by atoms with Crippen LogP contribution < -0.4 is 35.7 Å². The van der Waals surface area contributed by atoms with Crippen LogP contribution in [-0.4, -0.2) is 122 Å². The van der Waals surface area contributed by atoms with E-state index >= 15 is 0 Å². The Morgan fingerprint density at radius 1 is 0.618 bits per heavy atom. The van der Waals surface area contributed by atoms with Gasteiger partial charge in [-0.1, -0.05) is 47.5 Å². The van der Waals surface area contributed by atoms with Crippen molar-refractivity contribution in [3.8, 4) is 33.8 Å². The summed E-state index contributed by atoms with van der Waals surface area (Å²) in [5, 5.41) is 4.44. The zero-order valence-electron chi connectivity index (χ0n) is 43.0. The maximum absolute atomic E-state index is 13.0. The minimum absolute atomic E-state index is 0.0572. The van der Waals surface area contributed by atoms with Crippen molar-refractivity contribution in [2.45, 2.75) is 66.1 Å². The van der Waals surface area contributed by atoms with Gasteiger partial charge in [0.15, 0.2) is 0 Å². The smallest absolute Gasteiger partial charge is 0.387 e. The Kier molecular flexibility index (Phi) is 15.3. The van der Waals surface area contributed by atoms with E-state index in [1.807, 2.05) is 49.9 Å². The van der Waals surface area contributed by atoms with E-state index < -0.39 is 23.2 Å². The number of aromatic nitrogens is 8. The molecule has 76 heavy (non-hydrogen) atoms. The molecule has 0 saturated carbocycles. The van der Waals surface area contributed by atoms with Crippen LogP contribution in [0.3, 0.4) is 0 Å². The number of nitrogens with zero attached hydrogens (tertiary/aromatic N) is 11. The summed E-state index contributed by atoms with van der Waals surface area (Å²) in [5.41, 5.74) is 7.00. The summed E-state index contributed by atoms with van der Waals surface area (Å²) in [4.78, 5) is 48.2. The first-order valence-corrected chi connectivity index (χ1v) is 26.4. The van der Waals surface area contributed by atoms with Crippen LogP contribution in [0, 0.1) is 13.8 Å². The number of aryl methyl sites for hydroxylation is 2. The minimum atomic E-state index is -3.28. The van der Waals surface area contributed by atoms with E-state index in [0.29, 0.717) is 70.5 Å². The van der Waals surface area contributed by atoms with E-state index in [9.17, 15) is 35.6 Å². The van der Waals surface area contributed by atoms with E-state index in [1.165, 1.54) is 32.1 Å². The second-order valence-electron chi connectivity index (χ2n) is 19.2. The Labute approximate surface area is 435 Å². The van der Waals surface area contributed by atoms with Crippen LogP contribution in [0.1, 0.15) is 36.1 Å². The number of alkyl halides is 4. The van der Waals surface area contributed by atoms with Crippen molar-refractivity contribution >= 4 is 43.7 Å². The molecule has 0 amide bonds. The number of anilines is 2. The number of ether oxygens (including phenoxy) is 2. The van der Waals surface area contributed by atoms with Crippen LogP contribution in [0.15, 0.2) is 107 Å². The number of sulfonamides is 1. The third-order valence-electron chi connectivity index (χ3n) is 13.7. The van der Waals surface area contributed by atoms with Gasteiger partial charge < -0.3 is 24.6 Å². The zero-order chi connectivity index (χ0) is 54.2. The van der Waals surface area contributed by atoms with Crippen molar-refractivity contribution in [1.82, 2.24) is 48.3 Å². The molecule has 10 rings (SSSR count). The largest absolute Gasteiger partial charge is 0.434 e. The number of hydrogen-bond acceptors (Lipinski definition) is 13. The van der Waals surface area contributed by atoms with Gasteiger partial charge in [0.05, 0.1) is 41.2 Å². The first-order chi connectivity index (χ1) is 36.2. The number of rotatable bonds is 13. The van der Waals surface area contributed by atoms with E-state index in [0.717, 1.165) is 53.0 Å². The molecule has 0 bridgehead atoms. The normalized spacial score (nSPS) is 16.4. The third kappa shape index (κ3) is 11.5. The van der Waals surface area contributed by atoms with Crippen LogP contribution in [0.2, 0.25) is 0 Å². The summed E-state index contributed by atoms with van der Waals surface area (Å²) < 4.78 is 93.3. The van der Waals surface area contributed by atoms with Crippen molar-refractivity contribution in [2.24, 2.45) is 14.1 Å². The maximum atomic E-state index is 13.0. The van der Waals surface area contributed by atoms with E-state index in [2.05, 4.69) is 37.1 Å². The fraction of sp³-hybridized carbons (Fsp3) is 0.358. The number of piperazine rings is 2. The van der Waals surface area contributed by atoms with Gasteiger partial charge in [-0.05, 0) is 75.2 Å². The minimum Gasteiger partial charge on any atom is -0.434 e. The van der Waals surface area contributed by atoms with Crippen molar-refractivity contribution in [3.63, 3.8) is 0 Å². The molecule has 400 valence electrons. The van der Waals surface area contributed by atoms with Crippen LogP contribution in [0.5, 0.6) is 11.5 Å². The first-order valence-electron chi connectivity index (χ1n) is 24.5. The molecule has 2 aliphatic heterocycles. The van der Waals surface area contributed by atoms with Gasteiger partial charge in [0.2, 0.25) is 21.9 Å². The van der Waals surface area contributed by atoms with Crippen molar-refractivity contribution in [3.05, 3.63) is 141 Å². The maximum Gasteiger partial charge on any atom is 0.387 e. The molecule has 0 aliphatic carbocycles. The zero-order valence-corrected chi connectivity index (χ0v) is 43.8. The van der Waals surface area contributed by atoms with Crippen LogP contribution in [-0.2, 0) is 37.2 Å². The first kappa shape index (κ1) is 53.2. The molecule has 0 spiro atoms. The molecule has 2 atom stereocenters. The van der Waals surface area contributed by atoms with Crippen molar-refractivity contribution < 1.29 is 35.5 Å². The SMILES string of the molecule is Cc1ccc(OC(F)F)c(Cn2c3cc(-c4cnc(N5CCN(S(C)(=O)=O)[C@H](C)C5)nc4)ccc3c(=O)n2C)c1.Cc1ccc(OC(F)F)c(Cn2c3cc(-c4cnc(N5CCN[C@H](C)C5)nc4)ccc3c(=O)n2C)c1. The van der Waals surface area contributed by atoms with Gasteiger partial charge in [-0.2, -0.15) is 21.9 Å². The summed E-state index contributed by atoms with van der Waals surface area (Å²) in [7, 11) is 0.0204. The van der Waals surface area contributed by atoms with Crippen LogP contribution >= 0.6 is 0 Å². The molecule has 8 aromatic rings. The van der Waals surface area contributed by atoms with Gasteiger partial charge in [-0.15, -0.1) is 0 Å². The molecule has 2 fully saturated rings. The highest BCUT2D eigenvalue weighted by Crippen LogP contribution is 2.30. The third-order valence-corrected chi connectivity index (χ3v) is 15.1. The molecule has 4 aromatic heterocycles. The standard InChI is InChI=1S/C27H30F2N6O4S.C26H28F2N6O2/c1-17-5-8-24(39-26(28)29)20(11-17)16-34-23-12-19(6-7-22(23)25(36)32(34)3)21-13-30-27(31-14-21)33-9-10-35(18(2)15-33)40(4,37)38;1-16-4-7-23(36-25(27)28)19(10-16)15-34-22-11-18(5-6-21(22)24(35)32(34)3)20-12-30-26(31-13-20)33-9-8-29-17(2)14-33/h5-8,11-14,18,26H,9-10,15-16H2,1-4H3;4-7,10-13,17,25,29H,8-9,14-15H2,1-3H3/t18-;17-/m11/s1. The molecule has 4 aromatic carbocycles. The Bertz CT molecular complexity index is 3640. The molecule has 1 N–H and O–H groups in total. The Balaban J connectivity index is 0.000000187. The summed E-state index contributed by atoms with van der Waals surface area (Å²) in [5.74, 6) is 1.34. The average molecular weight is 1070 g/mol. The fourth-order valence-corrected chi connectivity index (χ4v) is 11.0. The molecular formula is C53H58F4N12O6S. The van der Waals surface area contributed by atoms with E-state index in [-0.39, 0.29) is 41.7 Å². The summed E-state index contributed by atoms with van der Waals surface area (Å²) in [6.45, 7) is 6.07. The van der Waals surface area contributed by atoms with Crippen LogP contribution in [0.25, 0.3) is 44.1 Å². The Hall–Kier alpha value is -7.63. The highest BCUT2D eigenvalue weighted by molar-refractivity contribution is 7.88. The number of fused-ring (bicyclic) bond motifs is 2. The predicted octanol–water partition coefficient (Wildman–Crippen LogP) is 6.78. The van der Waals surface area contributed by atoms with Crippen molar-refractivity contribution in [1.29, 1.82) is 0 Å². The molecule has 0 unspecified atom stereocenters. The average Bonchev–Trinajstić information content (AvgIpc) is 3.82. The van der Waals surface area contributed by atoms with E-state index in [1.54, 1.807) is 84.6 Å². The van der Waals surface area contributed by atoms with Crippen LogP contribution in [0.4, 0.5) is 29.5 Å². The predicted molar refractivity (Wildman–Crippen MR) is 283 cm³/mol. The number of benzene rings is 4. The quantitative estimate of drug-likeness (QED) is 0.120. The monoisotopic (exact) mass is 1070 g/mol. The molecule has 6 heterocycles. The van der Waals surface area contributed by atoms with Gasteiger partial charge in [0, 0.05) is 112 Å². The molecule has 0 radical (unpaired) electrons. The lowest BCUT2D eigenvalue weighted by Gasteiger charge is -2.38. The van der Waals surface area contributed by atoms with Gasteiger partial charge >= 0.3 is 13.2 Å². The molecule has 23 heteroatoms. The molecule has 2 saturated heterocycles. The highest BCUT2D eigenvalue weighted by atomic mass is 32.2. The number of nitrogens with one attached hydrogen (secondary N) is 1. The highest BCUT2D eigenvalue weighted by Gasteiger charge is 2.31. The van der Waals surface area contributed by atoms with E-state index in [4.69, 9.17) is 9.47 Å². The second-order valence-corrected chi connectivity index (χ2v) is 21.2. The van der Waals surface area contributed by atoms with Gasteiger partial charge in [0.1, 0.15) is 11.5 Å². The van der Waals surface area contributed by atoms with Gasteiger partial charge in [-0.25, -0.2) is 28.4 Å². The summed E-state index contributed by atoms with van der Waals surface area (Å²) in [6.07, 6.45) is 8.17. The molecule has 2 aliphatic rings. The van der Waals surface area contributed by atoms with Crippen molar-refractivity contribution in [2.75, 3.05) is 55.3 Å². The number of hydrogen-bond donors (Lipinski definition) is 1. The molecule has 18 nitrogen and oxygen atoms in total. The second kappa shape index (κ2) is 21.9. The van der Waals surface area contributed by atoms with Gasteiger partial charge in [-0.3, -0.25) is 28.3 Å². The lowest BCUT2D eigenvalue weighted by Crippen LogP contribution is -2.54. The fourth-order valence-electron chi connectivity index (χ4n) is 9.89. The Morgan fingerprint density at radius 3 is 1.47 bits per heavy atom. The Morgan fingerprint density at radius 2 is 1.07 bits per heavy atom. The lowest BCUT2D eigenvalue weighted by atomic mass is 10.1. The van der Waals surface area contributed by atoms with Gasteiger partial charge in [0.25, 0.3) is 11.1 Å². The summed E-state index contributed by atoms with van der Waals surface area (Å²) in [6, 6.07) is 21.1. The molecular weight excluding hydrogens is 1010 g/mol. The number of halogens is 4. The lowest BCUT2D eigenvalue weighted by molar-refractivity contribution is -0.0511. The topological polar surface area (TPSA) is 180 Å². The summed E-state index contributed by atoms with van der Waals surface area (Å²) >= 11 is 0.